The average Bonchev–Trinajstić information content (AvgIpc) is 2.77. The summed E-state index contributed by atoms with van der Waals surface area (Å²) in [6.07, 6.45) is 0. The molecule has 17 heavy (non-hydrogen) atoms. The summed E-state index contributed by atoms with van der Waals surface area (Å²) >= 11 is 12.0. The van der Waals surface area contributed by atoms with Crippen molar-refractivity contribution in [2.24, 2.45) is 5.92 Å². The van der Waals surface area contributed by atoms with Crippen LogP contribution in [0.25, 0.3) is 0 Å². The van der Waals surface area contributed by atoms with Gasteiger partial charge in [0.05, 0.1) is 13.0 Å². The molecule has 1 aliphatic rings. The molecular formula is C12H13Cl2NO2. The Kier molecular flexibility index (Phi) is 3.92. The maximum absolute atomic E-state index is 11.6. The molecule has 2 unspecified atom stereocenters. The summed E-state index contributed by atoms with van der Waals surface area (Å²) in [5.41, 5.74) is 0.941. The second-order valence-corrected chi connectivity index (χ2v) is 4.90. The third kappa shape index (κ3) is 2.57. The minimum atomic E-state index is -0.203. The van der Waals surface area contributed by atoms with Crippen LogP contribution in [0.15, 0.2) is 18.2 Å². The van der Waals surface area contributed by atoms with Gasteiger partial charge in [0.1, 0.15) is 0 Å². The Morgan fingerprint density at radius 3 is 2.82 bits per heavy atom. The van der Waals surface area contributed by atoms with Crippen LogP contribution in [0.4, 0.5) is 0 Å². The number of rotatable bonds is 2. The molecule has 0 radical (unpaired) electrons. The van der Waals surface area contributed by atoms with Gasteiger partial charge in [-0.15, -0.1) is 0 Å². The van der Waals surface area contributed by atoms with Gasteiger partial charge in [0.15, 0.2) is 0 Å². The number of methoxy groups -OCH3 is 1. The van der Waals surface area contributed by atoms with Crippen LogP contribution in [0.2, 0.25) is 10.0 Å². The lowest BCUT2D eigenvalue weighted by molar-refractivity contribution is -0.145. The van der Waals surface area contributed by atoms with Crippen LogP contribution in [-0.4, -0.2) is 26.2 Å². The highest BCUT2D eigenvalue weighted by molar-refractivity contribution is 6.35. The molecule has 1 N–H and O–H groups in total. The van der Waals surface area contributed by atoms with Gasteiger partial charge < -0.3 is 10.1 Å². The van der Waals surface area contributed by atoms with Crippen molar-refractivity contribution in [1.82, 2.24) is 5.32 Å². The minimum Gasteiger partial charge on any atom is -0.469 e. The number of carbonyl (C=O) groups is 1. The van der Waals surface area contributed by atoms with E-state index in [0.29, 0.717) is 16.6 Å². The number of ether oxygens (including phenoxy) is 1. The van der Waals surface area contributed by atoms with Gasteiger partial charge in [-0.3, -0.25) is 4.79 Å². The largest absolute Gasteiger partial charge is 0.469 e. The maximum Gasteiger partial charge on any atom is 0.310 e. The third-order valence-corrected chi connectivity index (χ3v) is 3.64. The average molecular weight is 274 g/mol. The van der Waals surface area contributed by atoms with Crippen molar-refractivity contribution in [3.8, 4) is 0 Å². The fourth-order valence-corrected chi connectivity index (χ4v) is 2.76. The quantitative estimate of drug-likeness (QED) is 0.842. The first-order valence-electron chi connectivity index (χ1n) is 5.37. The summed E-state index contributed by atoms with van der Waals surface area (Å²) in [5, 5.41) is 4.38. The molecule has 1 aromatic rings. The van der Waals surface area contributed by atoms with Gasteiger partial charge in [0.2, 0.25) is 0 Å². The third-order valence-electron chi connectivity index (χ3n) is 3.08. The molecule has 0 aliphatic carbocycles. The fourth-order valence-electron chi connectivity index (χ4n) is 2.21. The van der Waals surface area contributed by atoms with Crippen LogP contribution in [0.3, 0.4) is 0 Å². The van der Waals surface area contributed by atoms with E-state index in [1.54, 1.807) is 12.1 Å². The highest BCUT2D eigenvalue weighted by atomic mass is 35.5. The Morgan fingerprint density at radius 1 is 1.41 bits per heavy atom. The number of nitrogens with one attached hydrogen (secondary N) is 1. The zero-order valence-corrected chi connectivity index (χ0v) is 10.9. The molecule has 5 heteroatoms. The van der Waals surface area contributed by atoms with Crippen molar-refractivity contribution in [3.63, 3.8) is 0 Å². The van der Waals surface area contributed by atoms with Gasteiger partial charge in [-0.1, -0.05) is 29.3 Å². The summed E-state index contributed by atoms with van der Waals surface area (Å²) in [7, 11) is 1.40. The van der Waals surface area contributed by atoms with Crippen molar-refractivity contribution >= 4 is 29.2 Å². The Bertz CT molecular complexity index is 437. The first kappa shape index (κ1) is 12.7. The van der Waals surface area contributed by atoms with E-state index in [-0.39, 0.29) is 17.8 Å². The van der Waals surface area contributed by atoms with E-state index in [0.717, 1.165) is 12.1 Å². The van der Waals surface area contributed by atoms with Gasteiger partial charge in [0, 0.05) is 29.1 Å². The maximum atomic E-state index is 11.6. The summed E-state index contributed by atoms with van der Waals surface area (Å²) < 4.78 is 4.80. The molecule has 0 amide bonds. The zero-order chi connectivity index (χ0) is 12.4. The molecule has 1 fully saturated rings. The van der Waals surface area contributed by atoms with Crippen LogP contribution in [0.1, 0.15) is 11.5 Å². The van der Waals surface area contributed by atoms with E-state index in [9.17, 15) is 4.79 Å². The molecule has 1 aliphatic heterocycles. The van der Waals surface area contributed by atoms with Crippen LogP contribution < -0.4 is 5.32 Å². The van der Waals surface area contributed by atoms with Crippen molar-refractivity contribution < 1.29 is 9.53 Å². The van der Waals surface area contributed by atoms with E-state index in [1.165, 1.54) is 7.11 Å². The number of hydrogen-bond acceptors (Lipinski definition) is 3. The first-order valence-corrected chi connectivity index (χ1v) is 6.12. The number of halogens is 2. The monoisotopic (exact) mass is 273 g/mol. The second kappa shape index (κ2) is 5.25. The predicted molar refractivity (Wildman–Crippen MR) is 67.6 cm³/mol. The molecule has 92 valence electrons. The summed E-state index contributed by atoms with van der Waals surface area (Å²) in [6.45, 7) is 1.34. The van der Waals surface area contributed by atoms with E-state index >= 15 is 0 Å². The highest BCUT2D eigenvalue weighted by Gasteiger charge is 2.35. The van der Waals surface area contributed by atoms with E-state index in [2.05, 4.69) is 5.32 Å². The standard InChI is InChI=1S/C12H13Cl2NO2/c1-17-12(16)10-6-15-5-9(10)8-3-2-7(13)4-11(8)14/h2-4,9-10,15H,5-6H2,1H3. The van der Waals surface area contributed by atoms with Crippen LogP contribution in [0, 0.1) is 5.92 Å². The van der Waals surface area contributed by atoms with E-state index in [4.69, 9.17) is 27.9 Å². The molecular weight excluding hydrogens is 261 g/mol. The normalized spacial score (nSPS) is 23.7. The highest BCUT2D eigenvalue weighted by Crippen LogP contribution is 2.34. The molecule has 0 bridgehead atoms. The lowest BCUT2D eigenvalue weighted by Crippen LogP contribution is -2.23. The van der Waals surface area contributed by atoms with Gasteiger partial charge in [0.25, 0.3) is 0 Å². The van der Waals surface area contributed by atoms with Crippen molar-refractivity contribution in [2.45, 2.75) is 5.92 Å². The summed E-state index contributed by atoms with van der Waals surface area (Å²) in [4.78, 5) is 11.6. The van der Waals surface area contributed by atoms with E-state index in [1.807, 2.05) is 6.07 Å². The van der Waals surface area contributed by atoms with Gasteiger partial charge in [-0.05, 0) is 17.7 Å². The topological polar surface area (TPSA) is 38.3 Å². The molecule has 0 saturated carbocycles. The Labute approximate surface area is 110 Å². The minimum absolute atomic E-state index is 0.0483. The molecule has 2 atom stereocenters. The van der Waals surface area contributed by atoms with Gasteiger partial charge in [-0.25, -0.2) is 0 Å². The lowest BCUT2D eigenvalue weighted by Gasteiger charge is -2.18. The smallest absolute Gasteiger partial charge is 0.310 e. The van der Waals surface area contributed by atoms with Gasteiger partial charge in [-0.2, -0.15) is 0 Å². The number of esters is 1. The zero-order valence-electron chi connectivity index (χ0n) is 9.37. The molecule has 1 saturated heterocycles. The van der Waals surface area contributed by atoms with Gasteiger partial charge >= 0.3 is 5.97 Å². The predicted octanol–water partition coefficient (Wildman–Crippen LogP) is 2.47. The van der Waals surface area contributed by atoms with Crippen molar-refractivity contribution in [3.05, 3.63) is 33.8 Å². The second-order valence-electron chi connectivity index (χ2n) is 4.06. The number of hydrogen-bond donors (Lipinski definition) is 1. The Balaban J connectivity index is 2.29. The lowest BCUT2D eigenvalue weighted by atomic mass is 9.89. The van der Waals surface area contributed by atoms with Crippen molar-refractivity contribution in [1.29, 1.82) is 0 Å². The Morgan fingerprint density at radius 2 is 2.18 bits per heavy atom. The van der Waals surface area contributed by atoms with E-state index < -0.39 is 0 Å². The number of carbonyl (C=O) groups excluding carboxylic acids is 1. The van der Waals surface area contributed by atoms with Crippen LogP contribution in [-0.2, 0) is 9.53 Å². The molecule has 1 heterocycles. The molecule has 3 nitrogen and oxygen atoms in total. The fraction of sp³-hybridized carbons (Fsp3) is 0.417. The summed E-state index contributed by atoms with van der Waals surface area (Å²) in [5.74, 6) is -0.336. The summed E-state index contributed by atoms with van der Waals surface area (Å²) in [6, 6.07) is 5.36. The molecule has 2 rings (SSSR count). The molecule has 0 spiro atoms. The van der Waals surface area contributed by atoms with Crippen LogP contribution >= 0.6 is 23.2 Å². The first-order chi connectivity index (χ1) is 8.13. The Hall–Kier alpha value is -0.770. The number of benzene rings is 1. The molecule has 0 aromatic heterocycles. The molecule has 1 aromatic carbocycles. The van der Waals surface area contributed by atoms with Crippen molar-refractivity contribution in [2.75, 3.05) is 20.2 Å². The van der Waals surface area contributed by atoms with Crippen LogP contribution in [0.5, 0.6) is 0 Å². The SMILES string of the molecule is COC(=O)C1CNCC1c1ccc(Cl)cc1Cl.